The standard InChI is InChI=1S/C20H29NO6S.C16H20N2O3.C15H20N2O4S.C14H20N2O4S.C14H20N2O3S2/c1-19(2,3)27-18(23)16-8-10-20(11-9-16)21(12-13-26-20)28(24,25)17-6-4-15(14-22)5-7-17;1-12(19)13-2-4-14(5-3-13)15(20)18-10-11-21-16(18)6-8-17-9-7-16;1-12(18)13-2-4-14(5-3-13)22(19,20)17-10-11-21-15(17)6-8-16-9-7-15;2*1-19-12-2-4-13(5-3-12)21(17,18)16-10-11-20-14(16)6-8-15-9-7-14/h4-7,16,22H,8-14H2,1-3H3;2-5,17H,6-11H2,1H3;2-5,16H,6-11H2,1H3;2*2-5,15H,6-11H2,1H3. The third kappa shape index (κ3) is 19.7. The molecule has 1 saturated carbocycles. The summed E-state index contributed by atoms with van der Waals surface area (Å²) in [5, 5.41) is 22.2. The van der Waals surface area contributed by atoms with Gasteiger partial charge in [0.1, 0.15) is 40.0 Å². The van der Waals surface area contributed by atoms with E-state index in [1.165, 1.54) is 51.0 Å². The first-order chi connectivity index (χ1) is 53.8. The van der Waals surface area contributed by atoms with Crippen LogP contribution in [0.1, 0.15) is 148 Å². The zero-order valence-electron chi connectivity index (χ0n) is 65.5. The number of hydrogen-bond acceptors (Lipinski definition) is 25. The molecule has 0 unspecified atom stereocenters. The highest BCUT2D eigenvalue weighted by atomic mass is 32.2. The average Bonchev–Trinajstić information content (AvgIpc) is 1.69. The van der Waals surface area contributed by atoms with Crippen molar-refractivity contribution < 1.29 is 91.1 Å². The maximum absolute atomic E-state index is 13.2. The lowest BCUT2D eigenvalue weighted by Crippen LogP contribution is -2.54. The number of rotatable bonds is 15. The maximum atomic E-state index is 13.2. The van der Waals surface area contributed by atoms with Gasteiger partial charge in [-0.15, -0.1) is 11.8 Å². The number of nitrogens with one attached hydrogen (secondary N) is 4. The van der Waals surface area contributed by atoms with Crippen molar-refractivity contribution in [1.29, 1.82) is 0 Å². The predicted molar refractivity (Wildman–Crippen MR) is 424 cm³/mol. The van der Waals surface area contributed by atoms with Gasteiger partial charge >= 0.3 is 5.97 Å². The molecule has 1 amide bonds. The summed E-state index contributed by atoms with van der Waals surface area (Å²) in [6.45, 7) is 19.0. The molecule has 5 aromatic rings. The lowest BCUT2D eigenvalue weighted by atomic mass is 9.83. The van der Waals surface area contributed by atoms with E-state index in [1.54, 1.807) is 127 Å². The van der Waals surface area contributed by atoms with Gasteiger partial charge in [-0.1, -0.05) is 36.4 Å². The number of hydrogen-bond donors (Lipinski definition) is 5. The summed E-state index contributed by atoms with van der Waals surface area (Å²) in [6, 6.07) is 32.4. The van der Waals surface area contributed by atoms with E-state index in [2.05, 4.69) is 21.3 Å². The summed E-state index contributed by atoms with van der Waals surface area (Å²) in [5.74, 6) is 1.64. The highest BCUT2D eigenvalue weighted by molar-refractivity contribution is 8.02. The monoisotopic (exact) mass is 1660 g/mol. The van der Waals surface area contributed by atoms with Crippen LogP contribution in [0.3, 0.4) is 0 Å². The van der Waals surface area contributed by atoms with E-state index in [0.29, 0.717) is 149 Å². The quantitative estimate of drug-likeness (QED) is 0.0512. The zero-order valence-corrected chi connectivity index (χ0v) is 69.6. The number of carbonyl (C=O) groups excluding carboxylic acids is 4. The first-order valence-electron chi connectivity index (χ1n) is 38.7. The molecule has 0 aromatic heterocycles. The number of ketones is 2. The number of piperidine rings is 4. The smallest absolute Gasteiger partial charge is 0.309 e. The molecule has 5 aromatic carbocycles. The molecule has 0 atom stereocenters. The Hall–Kier alpha value is -6.39. The third-order valence-corrected chi connectivity index (χ3v) is 31.9. The number of esters is 1. The molecule has 15 rings (SSSR count). The fraction of sp³-hybridized carbons (Fsp3) is 0.570. The number of methoxy groups -OCH3 is 2. The van der Waals surface area contributed by atoms with Crippen molar-refractivity contribution >= 4 is 75.3 Å². The number of Topliss-reactive ketones (excluding diaryl/α,β-unsaturated/α-hetero) is 2. The van der Waals surface area contributed by atoms with Gasteiger partial charge in [0.25, 0.3) is 5.91 Å². The van der Waals surface area contributed by atoms with Gasteiger partial charge in [0.15, 0.2) is 11.6 Å². The van der Waals surface area contributed by atoms with Crippen molar-refractivity contribution in [1.82, 2.24) is 43.4 Å². The number of aliphatic hydroxyl groups is 1. The molecule has 5 N–H and O–H groups in total. The average molecular weight is 1670 g/mol. The van der Waals surface area contributed by atoms with Gasteiger partial charge in [-0.2, -0.15) is 17.2 Å². The van der Waals surface area contributed by atoms with Crippen LogP contribution >= 0.6 is 11.8 Å². The van der Waals surface area contributed by atoms with E-state index < -0.39 is 68.6 Å². The number of ether oxygens (including phenoxy) is 7. The molecule has 1 aliphatic carbocycles. The van der Waals surface area contributed by atoms with Crippen LogP contribution in [0.4, 0.5) is 0 Å². The number of sulfonamides is 4. The molecular weight excluding hydrogens is 1560 g/mol. The minimum atomic E-state index is -3.73. The van der Waals surface area contributed by atoms with Crippen LogP contribution in [-0.2, 0) is 75.2 Å². The lowest BCUT2D eigenvalue weighted by molar-refractivity contribution is -0.165. The molecule has 29 nitrogen and oxygen atoms in total. The van der Waals surface area contributed by atoms with Crippen molar-refractivity contribution in [2.75, 3.05) is 131 Å². The van der Waals surface area contributed by atoms with E-state index in [9.17, 15) is 52.8 Å². The van der Waals surface area contributed by atoms with Crippen LogP contribution in [-0.4, -0.2) is 249 Å². The first-order valence-corrected chi connectivity index (χ1v) is 45.5. The van der Waals surface area contributed by atoms with Gasteiger partial charge in [0.05, 0.1) is 77.6 Å². The molecule has 10 aliphatic rings. The summed E-state index contributed by atoms with van der Waals surface area (Å²) >= 11 is 1.79. The van der Waals surface area contributed by atoms with Crippen molar-refractivity contribution in [3.8, 4) is 11.5 Å². The van der Waals surface area contributed by atoms with Crippen LogP contribution in [0.25, 0.3) is 0 Å². The summed E-state index contributed by atoms with van der Waals surface area (Å²) in [4.78, 5) is 50.4. The molecule has 0 radical (unpaired) electrons. The zero-order chi connectivity index (χ0) is 81.1. The van der Waals surface area contributed by atoms with Gasteiger partial charge < -0.3 is 64.4 Å². The van der Waals surface area contributed by atoms with Gasteiger partial charge in [-0.25, -0.2) is 33.7 Å². The van der Waals surface area contributed by atoms with Gasteiger partial charge in [-0.05, 0) is 216 Å². The van der Waals surface area contributed by atoms with E-state index in [-0.39, 0.29) is 55.5 Å². The molecule has 0 bridgehead atoms. The van der Waals surface area contributed by atoms with E-state index in [4.69, 9.17) is 38.3 Å². The fourth-order valence-corrected chi connectivity index (χ4v) is 25.0. The second-order valence-electron chi connectivity index (χ2n) is 30.4. The Labute approximate surface area is 669 Å². The van der Waals surface area contributed by atoms with Crippen LogP contribution in [0, 0.1) is 5.92 Å². The lowest BCUT2D eigenvalue weighted by Gasteiger charge is -2.41. The molecule has 620 valence electrons. The fourth-order valence-electron chi connectivity index (χ4n) is 16.2. The maximum Gasteiger partial charge on any atom is 0.309 e. The third-order valence-electron chi connectivity index (χ3n) is 22.3. The molecule has 5 spiro atoms. The topological polar surface area (TPSA) is 354 Å². The van der Waals surface area contributed by atoms with E-state index in [1.807, 2.05) is 25.7 Å². The number of nitrogens with zero attached hydrogens (tertiary/aromatic N) is 5. The van der Waals surface area contributed by atoms with Gasteiger partial charge in [0, 0.05) is 93.7 Å². The Bertz CT molecular complexity index is 4440. The Morgan fingerprint density at radius 2 is 0.770 bits per heavy atom. The molecule has 9 aliphatic heterocycles. The second-order valence-corrected chi connectivity index (χ2v) is 39.3. The summed E-state index contributed by atoms with van der Waals surface area (Å²) in [6.07, 6.45) is 8.04. The van der Waals surface area contributed by atoms with Crippen LogP contribution < -0.4 is 30.7 Å². The molecule has 9 saturated heterocycles. The normalized spacial score (nSPS) is 23.1. The van der Waals surface area contributed by atoms with Crippen molar-refractivity contribution in [3.05, 3.63) is 144 Å². The number of amides is 1. The summed E-state index contributed by atoms with van der Waals surface area (Å²) < 4.78 is 149. The van der Waals surface area contributed by atoms with Crippen LogP contribution in [0.2, 0.25) is 0 Å². The Kier molecular flexibility index (Phi) is 28.7. The number of benzene rings is 5. The number of carbonyl (C=O) groups is 4. The highest BCUT2D eigenvalue weighted by Gasteiger charge is 2.55. The largest absolute Gasteiger partial charge is 0.497 e. The van der Waals surface area contributed by atoms with Crippen LogP contribution in [0.5, 0.6) is 11.5 Å². The summed E-state index contributed by atoms with van der Waals surface area (Å²) in [7, 11) is -11.2. The molecular formula is C79H109N9O20S5. The van der Waals surface area contributed by atoms with Crippen molar-refractivity contribution in [3.63, 3.8) is 0 Å². The van der Waals surface area contributed by atoms with Crippen molar-refractivity contribution in [2.24, 2.45) is 5.92 Å². The Morgan fingerprint density at radius 3 is 1.15 bits per heavy atom. The molecule has 9 heterocycles. The van der Waals surface area contributed by atoms with Crippen LogP contribution in [0.15, 0.2) is 141 Å². The van der Waals surface area contributed by atoms with Gasteiger partial charge in [-0.3, -0.25) is 19.2 Å². The second kappa shape index (κ2) is 37.1. The Balaban J connectivity index is 0.000000140. The van der Waals surface area contributed by atoms with Crippen molar-refractivity contribution in [2.45, 2.75) is 171 Å². The Morgan fingerprint density at radius 1 is 0.442 bits per heavy atom. The number of aliphatic hydroxyl groups excluding tert-OH is 1. The van der Waals surface area contributed by atoms with E-state index in [0.717, 1.165) is 83.8 Å². The molecule has 10 fully saturated rings. The SMILES string of the molecule is CC(=O)c1ccc(C(=O)N2CCOC23CCNCC3)cc1.CC(=O)c1ccc(S(=O)(=O)N2CCOC23CCNCC3)cc1.CC(C)(C)OC(=O)C1CCC2(CC1)OCCN2S(=O)(=O)c1ccc(CO)cc1.COc1ccc(S(=O)(=O)N2CCOC23CCNCC3)cc1.COc1ccc(S(=O)(=O)N2CCSC23CCNCC3)cc1. The highest BCUT2D eigenvalue weighted by Crippen LogP contribution is 2.47. The molecule has 113 heavy (non-hydrogen) atoms. The van der Waals surface area contributed by atoms with E-state index >= 15 is 0 Å². The predicted octanol–water partition coefficient (Wildman–Crippen LogP) is 7.17. The number of thioether (sulfide) groups is 1. The minimum absolute atomic E-state index is 0.00771. The minimum Gasteiger partial charge on any atom is -0.497 e. The molecule has 34 heteroatoms. The summed E-state index contributed by atoms with van der Waals surface area (Å²) in [5.41, 5.74) is -0.865. The van der Waals surface area contributed by atoms with Gasteiger partial charge in [0.2, 0.25) is 40.1 Å². The first kappa shape index (κ1) is 87.4.